The fourth-order valence-corrected chi connectivity index (χ4v) is 3.25. The van der Waals surface area contributed by atoms with Gasteiger partial charge in [0.1, 0.15) is 6.79 Å². The van der Waals surface area contributed by atoms with Gasteiger partial charge in [0.05, 0.1) is 18.8 Å². The Morgan fingerprint density at radius 2 is 1.69 bits per heavy atom. The number of hydrogen-bond acceptors (Lipinski definition) is 9. The van der Waals surface area contributed by atoms with E-state index in [1.54, 1.807) is 27.9 Å². The van der Waals surface area contributed by atoms with Crippen LogP contribution in [0.15, 0.2) is 12.2 Å². The van der Waals surface area contributed by atoms with Gasteiger partial charge in [-0.3, -0.25) is 5.26 Å². The minimum atomic E-state index is -0.403. The number of carbonyl (C=O) groups is 1. The Morgan fingerprint density at radius 3 is 2.22 bits per heavy atom. The summed E-state index contributed by atoms with van der Waals surface area (Å²) in [6, 6.07) is 0. The largest absolute Gasteiger partial charge is 0.412 e. The molecule has 0 saturated heterocycles. The molecule has 2 atom stereocenters. The Kier molecular flexibility index (Phi) is 35.4. The van der Waals surface area contributed by atoms with E-state index in [-0.39, 0.29) is 13.9 Å². The summed E-state index contributed by atoms with van der Waals surface area (Å²) < 4.78 is 5.46. The first-order valence-corrected chi connectivity index (χ1v) is 12.9. The van der Waals surface area contributed by atoms with Gasteiger partial charge >= 0.3 is 0 Å². The van der Waals surface area contributed by atoms with Crippen molar-refractivity contribution in [1.82, 2.24) is 10.8 Å². The second-order valence-corrected chi connectivity index (χ2v) is 9.40. The maximum Gasteiger partial charge on any atom is 0.106 e. The van der Waals surface area contributed by atoms with E-state index in [1.807, 2.05) is 6.79 Å². The molecule has 0 unspecified atom stereocenters. The SMILES string of the molecule is C=O.CC(C)(C)OO.CCCCCC/C=C\[C@@H]1C[C@@]1(COC)NCCCCCNOCCN.CO.O.[HH].[HH]. The van der Waals surface area contributed by atoms with Crippen molar-refractivity contribution >= 4 is 6.79 Å². The number of aliphatic hydroxyl groups is 1. The Labute approximate surface area is 223 Å². The van der Waals surface area contributed by atoms with Gasteiger partial charge in [-0.1, -0.05) is 44.8 Å². The molecule has 0 spiro atoms. The first-order chi connectivity index (χ1) is 16.8. The Bertz CT molecular complexity index is 463. The van der Waals surface area contributed by atoms with Crippen LogP contribution in [0.5, 0.6) is 0 Å². The number of unbranched alkanes of at least 4 members (excludes halogenated alkanes) is 6. The summed E-state index contributed by atoms with van der Waals surface area (Å²) in [5, 5.41) is 18.7. The molecule has 1 rings (SSSR count). The number of allylic oxidation sites excluding steroid dienone is 1. The Balaban J connectivity index is -0.000000171. The number of hydrogen-bond donors (Lipinski definition) is 5. The molecule has 224 valence electrons. The van der Waals surface area contributed by atoms with Crippen molar-refractivity contribution in [3.63, 3.8) is 0 Å². The number of carbonyl (C=O) groups excluding carboxylic acids is 1. The lowest BCUT2D eigenvalue weighted by atomic mass is 10.1. The number of ether oxygens (including phenoxy) is 1. The molecule has 10 nitrogen and oxygen atoms in total. The molecule has 36 heavy (non-hydrogen) atoms. The average Bonchev–Trinajstić information content (AvgIpc) is 3.55. The van der Waals surface area contributed by atoms with Gasteiger partial charge in [0.15, 0.2) is 0 Å². The quantitative estimate of drug-likeness (QED) is 0.0772. The molecule has 8 N–H and O–H groups in total. The zero-order valence-corrected chi connectivity index (χ0v) is 23.9. The fraction of sp³-hybridized carbons (Fsp3) is 0.885. The molecule has 1 fully saturated rings. The summed E-state index contributed by atoms with van der Waals surface area (Å²) in [6.07, 6.45) is 16.1. The third-order valence-corrected chi connectivity index (χ3v) is 5.16. The van der Waals surface area contributed by atoms with E-state index in [1.165, 1.54) is 51.4 Å². The van der Waals surface area contributed by atoms with Gasteiger partial charge < -0.3 is 36.0 Å². The minimum absolute atomic E-state index is 0. The topological polar surface area (TPSA) is 167 Å². The van der Waals surface area contributed by atoms with E-state index in [2.05, 4.69) is 34.8 Å². The van der Waals surface area contributed by atoms with Crippen molar-refractivity contribution in [2.24, 2.45) is 11.7 Å². The van der Waals surface area contributed by atoms with Crippen LogP contribution in [-0.4, -0.2) is 80.8 Å². The molecule has 0 amide bonds. The van der Waals surface area contributed by atoms with E-state index in [0.717, 1.165) is 33.2 Å². The molecular weight excluding hydrogens is 466 g/mol. The lowest BCUT2D eigenvalue weighted by molar-refractivity contribution is -0.306. The zero-order chi connectivity index (χ0) is 27.4. The maximum absolute atomic E-state index is 8.00. The summed E-state index contributed by atoms with van der Waals surface area (Å²) in [4.78, 5) is 17.1. The summed E-state index contributed by atoms with van der Waals surface area (Å²) in [7, 11) is 2.81. The predicted octanol–water partition coefficient (Wildman–Crippen LogP) is 3.52. The second-order valence-electron chi connectivity index (χ2n) is 9.40. The third kappa shape index (κ3) is 27.6. The summed E-state index contributed by atoms with van der Waals surface area (Å²) >= 11 is 0. The molecule has 1 saturated carbocycles. The van der Waals surface area contributed by atoms with E-state index in [9.17, 15) is 0 Å². The number of aliphatic hydroxyl groups excluding tert-OH is 1. The average molecular weight is 530 g/mol. The number of nitrogens with one attached hydrogen (secondary N) is 2. The number of methoxy groups -OCH3 is 1. The molecule has 0 aromatic rings. The first kappa shape index (κ1) is 42.2. The van der Waals surface area contributed by atoms with Crippen LogP contribution >= 0.6 is 0 Å². The van der Waals surface area contributed by atoms with Crippen molar-refractivity contribution in [1.29, 1.82) is 0 Å². The molecule has 0 heterocycles. The molecule has 0 aromatic carbocycles. The zero-order valence-electron chi connectivity index (χ0n) is 23.9. The van der Waals surface area contributed by atoms with Crippen LogP contribution in [0.25, 0.3) is 0 Å². The number of rotatable bonds is 18. The van der Waals surface area contributed by atoms with Crippen LogP contribution in [0.1, 0.15) is 88.3 Å². The smallest absolute Gasteiger partial charge is 0.106 e. The first-order valence-electron chi connectivity index (χ1n) is 12.9. The van der Waals surface area contributed by atoms with Gasteiger partial charge in [-0.2, -0.15) is 0 Å². The van der Waals surface area contributed by atoms with Gasteiger partial charge in [0, 0.05) is 35.7 Å². The molecule has 10 heteroatoms. The molecular formula is C26H63N3O7. The van der Waals surface area contributed by atoms with Crippen molar-refractivity contribution in [3.8, 4) is 0 Å². The summed E-state index contributed by atoms with van der Waals surface area (Å²) in [6.45, 7) is 13.5. The van der Waals surface area contributed by atoms with Crippen LogP contribution < -0.4 is 16.5 Å². The lowest BCUT2D eigenvalue weighted by Gasteiger charge is -2.18. The molecule has 0 radical (unpaired) electrons. The van der Waals surface area contributed by atoms with Gasteiger partial charge in [0.25, 0.3) is 0 Å². The van der Waals surface area contributed by atoms with Crippen molar-refractivity contribution in [3.05, 3.63) is 12.2 Å². The highest BCUT2D eigenvalue weighted by atomic mass is 17.1. The molecule has 0 aliphatic heterocycles. The molecule has 0 aromatic heterocycles. The van der Waals surface area contributed by atoms with Crippen LogP contribution in [-0.2, 0) is 19.3 Å². The molecule has 1 aliphatic rings. The monoisotopic (exact) mass is 529 g/mol. The molecule has 0 bridgehead atoms. The Morgan fingerprint density at radius 1 is 1.11 bits per heavy atom. The van der Waals surface area contributed by atoms with Crippen LogP contribution in [0.2, 0.25) is 0 Å². The fourth-order valence-electron chi connectivity index (χ4n) is 3.25. The number of hydroxylamine groups is 1. The minimum Gasteiger partial charge on any atom is -0.412 e. The van der Waals surface area contributed by atoms with Gasteiger partial charge in [0.2, 0.25) is 0 Å². The summed E-state index contributed by atoms with van der Waals surface area (Å²) in [5.74, 6) is 0.643. The highest BCUT2D eigenvalue weighted by Crippen LogP contribution is 2.44. The van der Waals surface area contributed by atoms with Gasteiger partial charge in [-0.25, -0.2) is 10.4 Å². The second kappa shape index (κ2) is 30.3. The highest BCUT2D eigenvalue weighted by Gasteiger charge is 2.52. The van der Waals surface area contributed by atoms with E-state index < -0.39 is 5.60 Å². The van der Waals surface area contributed by atoms with E-state index >= 15 is 0 Å². The van der Waals surface area contributed by atoms with Gasteiger partial charge in [-0.15, -0.1) is 0 Å². The van der Waals surface area contributed by atoms with Crippen molar-refractivity contribution in [2.75, 3.05) is 47.1 Å². The van der Waals surface area contributed by atoms with E-state index in [0.29, 0.717) is 19.1 Å². The van der Waals surface area contributed by atoms with Crippen molar-refractivity contribution < 1.29 is 37.9 Å². The van der Waals surface area contributed by atoms with Crippen LogP contribution in [0.3, 0.4) is 0 Å². The maximum atomic E-state index is 8.00. The predicted molar refractivity (Wildman–Crippen MR) is 152 cm³/mol. The Hall–Kier alpha value is -0.950. The highest BCUT2D eigenvalue weighted by molar-refractivity contribution is 5.18. The van der Waals surface area contributed by atoms with Gasteiger partial charge in [-0.05, 0) is 65.3 Å². The molecule has 1 aliphatic carbocycles. The standard InChI is InChI=1S/C20H41N3O2.C4H10O2.CH4O.CH2O.H2O.2H2/c1-3-4-5-6-7-9-12-19-17-20(19,18-24-2)22-14-10-8-11-15-23-25-16-13-21;1-4(2,3)6-5;2*1-2;;;/h9,12,19,22-23H,3-8,10-11,13-18,21H2,1-2H3;5H,1-3H3;2H,1H3;1H2;1H2;2*1H/b12-9-;;;;;;/t19-,20+;;;;;;/m1....../s1. The lowest BCUT2D eigenvalue weighted by Crippen LogP contribution is -2.38. The normalized spacial score (nSPS) is 18.1. The third-order valence-electron chi connectivity index (χ3n) is 5.16. The van der Waals surface area contributed by atoms with Crippen LogP contribution in [0.4, 0.5) is 0 Å². The summed E-state index contributed by atoms with van der Waals surface area (Å²) in [5.41, 5.74) is 8.09. The van der Waals surface area contributed by atoms with Crippen molar-refractivity contribution in [2.45, 2.75) is 96.6 Å². The van der Waals surface area contributed by atoms with E-state index in [4.69, 9.17) is 30.5 Å². The number of nitrogens with two attached hydrogens (primary N) is 1. The van der Waals surface area contributed by atoms with Crippen LogP contribution in [0, 0.1) is 5.92 Å².